The molecule has 1 unspecified atom stereocenters. The van der Waals surface area contributed by atoms with Crippen LogP contribution >= 0.6 is 0 Å². The van der Waals surface area contributed by atoms with Crippen LogP contribution in [0.3, 0.4) is 0 Å². The molecule has 0 bridgehead atoms. The van der Waals surface area contributed by atoms with Gasteiger partial charge >= 0.3 is 0 Å². The van der Waals surface area contributed by atoms with Crippen molar-refractivity contribution in [1.29, 1.82) is 0 Å². The minimum Gasteiger partial charge on any atom is -0.0654 e. The van der Waals surface area contributed by atoms with E-state index < -0.39 is 0 Å². The van der Waals surface area contributed by atoms with Gasteiger partial charge in [0.2, 0.25) is 0 Å². The van der Waals surface area contributed by atoms with E-state index >= 15 is 0 Å². The molecule has 0 radical (unpaired) electrons. The van der Waals surface area contributed by atoms with Gasteiger partial charge in [0.25, 0.3) is 0 Å². The molecule has 2 aromatic rings. The van der Waals surface area contributed by atoms with Crippen LogP contribution in [0.25, 0.3) is 0 Å². The molecule has 2 rings (SSSR count). The van der Waals surface area contributed by atoms with Gasteiger partial charge in [-0.05, 0) is 54.9 Å². The molecular weight excluding hydrogens is 252 g/mol. The summed E-state index contributed by atoms with van der Waals surface area (Å²) in [5.41, 5.74) is 5.78. The minimum atomic E-state index is 0.651. The first-order valence-corrected chi connectivity index (χ1v) is 8.31. The second-order valence-electron chi connectivity index (χ2n) is 6.23. The smallest absolute Gasteiger partial charge is 0.0121 e. The maximum atomic E-state index is 2.40. The third-order valence-corrected chi connectivity index (χ3v) is 4.48. The molecule has 0 nitrogen and oxygen atoms in total. The lowest BCUT2D eigenvalue weighted by atomic mass is 9.86. The Bertz CT molecular complexity index is 539. The Labute approximate surface area is 130 Å². The molecule has 112 valence electrons. The first-order valence-electron chi connectivity index (χ1n) is 8.31. The summed E-state index contributed by atoms with van der Waals surface area (Å²) in [6.07, 6.45) is 6.43. The maximum absolute atomic E-state index is 2.40. The molecule has 0 aliphatic carbocycles. The summed E-state index contributed by atoms with van der Waals surface area (Å²) in [6.45, 7) is 6.70. The topological polar surface area (TPSA) is 0 Å². The van der Waals surface area contributed by atoms with Crippen molar-refractivity contribution in [3.63, 3.8) is 0 Å². The number of hydrogen-bond acceptors (Lipinski definition) is 0. The summed E-state index contributed by atoms with van der Waals surface area (Å²) in [5.74, 6) is 0.651. The monoisotopic (exact) mass is 280 g/mol. The van der Waals surface area contributed by atoms with Gasteiger partial charge in [0.15, 0.2) is 0 Å². The zero-order valence-corrected chi connectivity index (χ0v) is 13.7. The summed E-state index contributed by atoms with van der Waals surface area (Å²) in [4.78, 5) is 0. The molecule has 21 heavy (non-hydrogen) atoms. The van der Waals surface area contributed by atoms with Crippen molar-refractivity contribution in [2.45, 2.75) is 58.8 Å². The summed E-state index contributed by atoms with van der Waals surface area (Å²) < 4.78 is 0. The largest absolute Gasteiger partial charge is 0.0654 e. The average molecular weight is 280 g/mol. The fourth-order valence-electron chi connectivity index (χ4n) is 2.94. The molecule has 0 fully saturated rings. The average Bonchev–Trinajstić information content (AvgIpc) is 2.50. The van der Waals surface area contributed by atoms with Gasteiger partial charge in [-0.25, -0.2) is 0 Å². The summed E-state index contributed by atoms with van der Waals surface area (Å²) >= 11 is 0. The van der Waals surface area contributed by atoms with Crippen molar-refractivity contribution < 1.29 is 0 Å². The Balaban J connectivity index is 2.16. The molecule has 0 spiro atoms. The van der Waals surface area contributed by atoms with E-state index in [0.717, 1.165) is 6.42 Å². The molecule has 0 aliphatic rings. The van der Waals surface area contributed by atoms with Crippen LogP contribution in [0.4, 0.5) is 0 Å². The highest BCUT2D eigenvalue weighted by molar-refractivity contribution is 5.33. The number of rotatable bonds is 7. The zero-order chi connectivity index (χ0) is 15.1. The molecule has 0 heterocycles. The zero-order valence-electron chi connectivity index (χ0n) is 13.7. The highest BCUT2D eigenvalue weighted by Crippen LogP contribution is 2.28. The quantitative estimate of drug-likeness (QED) is 0.529. The first kappa shape index (κ1) is 15.8. The Morgan fingerprint density at radius 2 is 1.62 bits per heavy atom. The van der Waals surface area contributed by atoms with Gasteiger partial charge in [-0.2, -0.15) is 0 Å². The predicted molar refractivity (Wildman–Crippen MR) is 92.9 cm³/mol. The van der Waals surface area contributed by atoms with Crippen LogP contribution in [0.2, 0.25) is 0 Å². The highest BCUT2D eigenvalue weighted by atomic mass is 14.2. The van der Waals surface area contributed by atoms with E-state index in [0.29, 0.717) is 5.92 Å². The normalized spacial score (nSPS) is 12.3. The number of hydrogen-bond donors (Lipinski definition) is 0. The van der Waals surface area contributed by atoms with Crippen LogP contribution in [0.5, 0.6) is 0 Å². The second kappa shape index (κ2) is 8.02. The minimum absolute atomic E-state index is 0.651. The van der Waals surface area contributed by atoms with E-state index in [4.69, 9.17) is 0 Å². The first-order chi connectivity index (χ1) is 10.2. The van der Waals surface area contributed by atoms with Crippen molar-refractivity contribution in [2.24, 2.45) is 0 Å². The molecule has 0 aromatic heterocycles. The summed E-state index contributed by atoms with van der Waals surface area (Å²) in [5, 5.41) is 0. The third kappa shape index (κ3) is 4.74. The molecule has 0 aliphatic heterocycles. The second-order valence-corrected chi connectivity index (χ2v) is 6.23. The van der Waals surface area contributed by atoms with Crippen molar-refractivity contribution in [2.75, 3.05) is 0 Å². The van der Waals surface area contributed by atoms with Gasteiger partial charge in [0.1, 0.15) is 0 Å². The molecule has 0 amide bonds. The van der Waals surface area contributed by atoms with Gasteiger partial charge in [-0.1, -0.05) is 74.7 Å². The molecule has 0 heteroatoms. The number of benzene rings is 2. The fraction of sp³-hybridized carbons (Fsp3) is 0.429. The Hall–Kier alpha value is -1.56. The van der Waals surface area contributed by atoms with Gasteiger partial charge < -0.3 is 0 Å². The number of unbranched alkanes of at least 4 members (excludes halogenated alkanes) is 2. The van der Waals surface area contributed by atoms with Crippen LogP contribution in [0.1, 0.15) is 60.8 Å². The highest BCUT2D eigenvalue weighted by Gasteiger charge is 2.13. The van der Waals surface area contributed by atoms with Gasteiger partial charge in [0, 0.05) is 0 Å². The van der Waals surface area contributed by atoms with E-state index in [-0.39, 0.29) is 0 Å². The molecule has 1 atom stereocenters. The van der Waals surface area contributed by atoms with Gasteiger partial charge in [0.05, 0.1) is 0 Å². The molecule has 0 saturated carbocycles. The molecule has 2 aromatic carbocycles. The Kier molecular flexibility index (Phi) is 6.04. The van der Waals surface area contributed by atoms with Crippen LogP contribution in [-0.4, -0.2) is 0 Å². The van der Waals surface area contributed by atoms with E-state index in [9.17, 15) is 0 Å². The van der Waals surface area contributed by atoms with E-state index in [1.54, 1.807) is 0 Å². The van der Waals surface area contributed by atoms with E-state index in [2.05, 4.69) is 69.3 Å². The lowest BCUT2D eigenvalue weighted by molar-refractivity contribution is 0.563. The van der Waals surface area contributed by atoms with Crippen molar-refractivity contribution >= 4 is 0 Å². The van der Waals surface area contributed by atoms with Gasteiger partial charge in [-0.15, -0.1) is 0 Å². The Morgan fingerprint density at radius 3 is 2.29 bits per heavy atom. The van der Waals surface area contributed by atoms with E-state index in [1.807, 2.05) is 0 Å². The lowest BCUT2D eigenvalue weighted by Gasteiger charge is -2.19. The predicted octanol–water partition coefficient (Wildman–Crippen LogP) is 6.21. The van der Waals surface area contributed by atoms with Crippen LogP contribution in [0, 0.1) is 13.8 Å². The SMILES string of the molecule is CCCCCC(Cc1ccccc1)c1ccc(C)c(C)c1. The van der Waals surface area contributed by atoms with Crippen LogP contribution in [-0.2, 0) is 6.42 Å². The third-order valence-electron chi connectivity index (χ3n) is 4.48. The number of aryl methyl sites for hydroxylation is 2. The lowest BCUT2D eigenvalue weighted by Crippen LogP contribution is -2.04. The standard InChI is InChI=1S/C21H28/c1-4-5-7-12-20(16-19-10-8-6-9-11-19)21-14-13-17(2)18(3)15-21/h6,8-11,13-15,20H,4-5,7,12,16H2,1-3H3. The van der Waals surface area contributed by atoms with Crippen molar-refractivity contribution in [3.8, 4) is 0 Å². The summed E-state index contributed by atoms with van der Waals surface area (Å²) in [6, 6.07) is 17.9. The molecule has 0 N–H and O–H groups in total. The van der Waals surface area contributed by atoms with Crippen LogP contribution < -0.4 is 0 Å². The van der Waals surface area contributed by atoms with Gasteiger partial charge in [-0.3, -0.25) is 0 Å². The maximum Gasteiger partial charge on any atom is -0.0121 e. The van der Waals surface area contributed by atoms with E-state index in [1.165, 1.54) is 47.9 Å². The van der Waals surface area contributed by atoms with Crippen molar-refractivity contribution in [3.05, 3.63) is 70.8 Å². The Morgan fingerprint density at radius 1 is 0.857 bits per heavy atom. The van der Waals surface area contributed by atoms with Crippen LogP contribution in [0.15, 0.2) is 48.5 Å². The molecule has 0 saturated heterocycles. The summed E-state index contributed by atoms with van der Waals surface area (Å²) in [7, 11) is 0. The molecular formula is C21H28. The fourth-order valence-corrected chi connectivity index (χ4v) is 2.94. The van der Waals surface area contributed by atoms with Crippen molar-refractivity contribution in [1.82, 2.24) is 0 Å².